The first-order valence-corrected chi connectivity index (χ1v) is 4.19. The van der Waals surface area contributed by atoms with Crippen LogP contribution in [0.25, 0.3) is 0 Å². The highest BCUT2D eigenvalue weighted by atomic mass is 28.1. The molecule has 0 radical (unpaired) electrons. The predicted molar refractivity (Wildman–Crippen MR) is 52.4 cm³/mol. The van der Waals surface area contributed by atoms with E-state index in [1.54, 1.807) is 6.08 Å². The second-order valence-corrected chi connectivity index (χ2v) is 4.08. The first kappa shape index (κ1) is 9.18. The SMILES string of the molecule is C=CC(=C)C([SiH3])(C=C)C=C. The van der Waals surface area contributed by atoms with Gasteiger partial charge in [-0.05, 0) is 5.57 Å². The van der Waals surface area contributed by atoms with Crippen molar-refractivity contribution in [3.05, 3.63) is 50.1 Å². The number of hydrogen-bond acceptors (Lipinski definition) is 0. The van der Waals surface area contributed by atoms with Crippen molar-refractivity contribution in [2.24, 2.45) is 0 Å². The van der Waals surface area contributed by atoms with Crippen LogP contribution in [0.15, 0.2) is 50.1 Å². The van der Waals surface area contributed by atoms with Crippen molar-refractivity contribution in [3.8, 4) is 0 Å². The van der Waals surface area contributed by atoms with Crippen LogP contribution in [0.2, 0.25) is 5.04 Å². The normalized spacial score (nSPS) is 10.4. The molecule has 0 aromatic rings. The average Bonchev–Trinajstić information content (AvgIpc) is 2.01. The smallest absolute Gasteiger partial charge is 0.0258 e. The molecule has 0 atom stereocenters. The van der Waals surface area contributed by atoms with Crippen LogP contribution in [-0.4, -0.2) is 10.2 Å². The average molecular weight is 150 g/mol. The van der Waals surface area contributed by atoms with Crippen LogP contribution < -0.4 is 0 Å². The fraction of sp³-hybridized carbons (Fsp3) is 0.111. The summed E-state index contributed by atoms with van der Waals surface area (Å²) in [6.45, 7) is 15.0. The van der Waals surface area contributed by atoms with Crippen molar-refractivity contribution in [2.75, 3.05) is 0 Å². The third kappa shape index (κ3) is 1.58. The molecule has 0 amide bonds. The number of allylic oxidation sites excluding steroid dienone is 4. The second-order valence-electron chi connectivity index (χ2n) is 2.42. The zero-order valence-electron chi connectivity index (χ0n) is 6.56. The number of rotatable bonds is 4. The van der Waals surface area contributed by atoms with Crippen LogP contribution >= 0.6 is 0 Å². The zero-order valence-corrected chi connectivity index (χ0v) is 8.56. The molecule has 0 fully saturated rings. The summed E-state index contributed by atoms with van der Waals surface area (Å²) in [5.41, 5.74) is 0.990. The third-order valence-corrected chi connectivity index (χ3v) is 3.25. The van der Waals surface area contributed by atoms with Crippen LogP contribution in [0.4, 0.5) is 0 Å². The number of hydrogen-bond donors (Lipinski definition) is 0. The molecule has 54 valence electrons. The highest BCUT2D eigenvalue weighted by Crippen LogP contribution is 2.33. The quantitative estimate of drug-likeness (QED) is 0.324. The zero-order chi connectivity index (χ0) is 8.20. The minimum Gasteiger partial charge on any atom is -0.102 e. The van der Waals surface area contributed by atoms with Gasteiger partial charge in [-0.25, -0.2) is 0 Å². The maximum atomic E-state index is 3.86. The van der Waals surface area contributed by atoms with Gasteiger partial charge in [-0.15, -0.1) is 13.2 Å². The lowest BCUT2D eigenvalue weighted by Gasteiger charge is -2.21. The summed E-state index contributed by atoms with van der Waals surface area (Å²) in [5.74, 6) is 0. The van der Waals surface area contributed by atoms with E-state index in [0.717, 1.165) is 15.8 Å². The lowest BCUT2D eigenvalue weighted by molar-refractivity contribution is 1.05. The van der Waals surface area contributed by atoms with Gasteiger partial charge in [0.1, 0.15) is 0 Å². The van der Waals surface area contributed by atoms with Gasteiger partial charge >= 0.3 is 0 Å². The topological polar surface area (TPSA) is 0 Å². The highest BCUT2D eigenvalue weighted by Gasteiger charge is 2.16. The molecule has 0 aromatic heterocycles. The van der Waals surface area contributed by atoms with E-state index in [2.05, 4.69) is 26.3 Å². The monoisotopic (exact) mass is 150 g/mol. The van der Waals surface area contributed by atoms with E-state index in [1.165, 1.54) is 0 Å². The van der Waals surface area contributed by atoms with E-state index in [-0.39, 0.29) is 5.04 Å². The van der Waals surface area contributed by atoms with Gasteiger partial charge in [-0.1, -0.05) is 31.4 Å². The Bertz CT molecular complexity index is 169. The van der Waals surface area contributed by atoms with Gasteiger partial charge in [0.2, 0.25) is 0 Å². The van der Waals surface area contributed by atoms with Crippen molar-refractivity contribution in [1.82, 2.24) is 0 Å². The molecule has 0 spiro atoms. The Labute approximate surface area is 66.1 Å². The summed E-state index contributed by atoms with van der Waals surface area (Å²) < 4.78 is 0. The summed E-state index contributed by atoms with van der Waals surface area (Å²) in [7, 11) is 0.956. The van der Waals surface area contributed by atoms with E-state index in [9.17, 15) is 0 Å². The molecule has 0 aliphatic rings. The molecule has 0 N–H and O–H groups in total. The van der Waals surface area contributed by atoms with Gasteiger partial charge in [-0.2, -0.15) is 0 Å². The first-order chi connectivity index (χ1) is 4.60. The van der Waals surface area contributed by atoms with E-state index in [1.807, 2.05) is 12.2 Å². The molecule has 0 saturated heterocycles. The molecule has 0 bridgehead atoms. The summed E-state index contributed by atoms with van der Waals surface area (Å²) in [6, 6.07) is 0. The van der Waals surface area contributed by atoms with E-state index < -0.39 is 0 Å². The Balaban J connectivity index is 4.63. The van der Waals surface area contributed by atoms with Crippen LogP contribution in [0.5, 0.6) is 0 Å². The van der Waals surface area contributed by atoms with E-state index in [0.29, 0.717) is 0 Å². The highest BCUT2D eigenvalue weighted by molar-refractivity contribution is 6.20. The Morgan fingerprint density at radius 2 is 1.60 bits per heavy atom. The largest absolute Gasteiger partial charge is 0.102 e. The van der Waals surface area contributed by atoms with Crippen molar-refractivity contribution in [1.29, 1.82) is 0 Å². The molecule has 0 aliphatic carbocycles. The Hall–Kier alpha value is -0.823. The second kappa shape index (κ2) is 3.37. The molecule has 1 heteroatoms. The van der Waals surface area contributed by atoms with Crippen molar-refractivity contribution in [3.63, 3.8) is 0 Å². The molecule has 10 heavy (non-hydrogen) atoms. The van der Waals surface area contributed by atoms with Crippen LogP contribution in [0.3, 0.4) is 0 Å². The fourth-order valence-electron chi connectivity index (χ4n) is 0.565. The molecule has 0 aliphatic heterocycles. The molecule has 0 heterocycles. The third-order valence-electron chi connectivity index (χ3n) is 1.79. The van der Waals surface area contributed by atoms with Crippen LogP contribution in [-0.2, 0) is 0 Å². The Kier molecular flexibility index (Phi) is 3.09. The van der Waals surface area contributed by atoms with Gasteiger partial charge < -0.3 is 0 Å². The summed E-state index contributed by atoms with van der Waals surface area (Å²) in [4.78, 5) is 0. The summed E-state index contributed by atoms with van der Waals surface area (Å²) in [5, 5.41) is -0.0538. The van der Waals surface area contributed by atoms with Gasteiger partial charge in [-0.3, -0.25) is 0 Å². The van der Waals surface area contributed by atoms with Gasteiger partial charge in [0, 0.05) is 15.3 Å². The van der Waals surface area contributed by atoms with Crippen LogP contribution in [0.1, 0.15) is 0 Å². The van der Waals surface area contributed by atoms with E-state index in [4.69, 9.17) is 0 Å². The maximum Gasteiger partial charge on any atom is 0.0258 e. The van der Waals surface area contributed by atoms with Crippen molar-refractivity contribution >= 4 is 10.2 Å². The van der Waals surface area contributed by atoms with Gasteiger partial charge in [0.05, 0.1) is 0 Å². The lowest BCUT2D eigenvalue weighted by Crippen LogP contribution is -2.06. The Morgan fingerprint density at radius 1 is 1.20 bits per heavy atom. The van der Waals surface area contributed by atoms with Crippen molar-refractivity contribution in [2.45, 2.75) is 5.04 Å². The molecule has 0 unspecified atom stereocenters. The standard InChI is InChI=1S/C9H14Si/c1-5-8(4)9(10,6-2)7-3/h5-7H,1-4H2,10H3. The first-order valence-electron chi connectivity index (χ1n) is 3.19. The summed E-state index contributed by atoms with van der Waals surface area (Å²) in [6.07, 6.45) is 5.50. The Morgan fingerprint density at radius 3 is 1.70 bits per heavy atom. The molecule has 0 aromatic carbocycles. The van der Waals surface area contributed by atoms with Gasteiger partial charge in [0.25, 0.3) is 0 Å². The van der Waals surface area contributed by atoms with Crippen LogP contribution in [0, 0.1) is 0 Å². The maximum absolute atomic E-state index is 3.86. The van der Waals surface area contributed by atoms with E-state index >= 15 is 0 Å². The summed E-state index contributed by atoms with van der Waals surface area (Å²) >= 11 is 0. The molecule has 0 nitrogen and oxygen atoms in total. The molecular weight excluding hydrogens is 136 g/mol. The minimum atomic E-state index is -0.0538. The molecule has 0 rings (SSSR count). The lowest BCUT2D eigenvalue weighted by atomic mass is 10.00. The van der Waals surface area contributed by atoms with Crippen molar-refractivity contribution < 1.29 is 0 Å². The fourth-order valence-corrected chi connectivity index (χ4v) is 0.770. The minimum absolute atomic E-state index is 0.0538. The molecular formula is C9H14Si. The van der Waals surface area contributed by atoms with Gasteiger partial charge in [0.15, 0.2) is 0 Å². The predicted octanol–water partition coefficient (Wildman–Crippen LogP) is 1.62. The molecule has 0 saturated carbocycles.